The van der Waals surface area contributed by atoms with Crippen LogP contribution < -0.4 is 31.1 Å². The van der Waals surface area contributed by atoms with Gasteiger partial charge in [-0.25, -0.2) is 0 Å². The molecule has 2 aliphatic rings. The standard InChI is InChI=1S/C97H72BN5/c1-64-30-18-20-40-77(64)72-56-70(57-73(58-72)78-41-21-19-31-65(78)2)71-60-92-96-93(61-71)103(86-47-27-23-43-80(86)67-34-12-7-13-35-67)91-62-76(100(74-36-14-8-15-37-74)75-38-16-9-17-39-75)52-54-84(91)98(96)83-53-50-68(59-90(83)102(92)85-46-26-22-42-79(85)66-32-10-6-11-33-66)94-89(55-51-69(63-99)95(94)97(3,4)5)101-87-48-28-24-44-81(87)82-45-25-29-49-88(82)101/h6-62H,1-5H3. The Morgan fingerprint density at radius 1 is 0.320 bits per heavy atom. The van der Waals surface area contributed by atoms with Gasteiger partial charge in [-0.2, -0.15) is 5.26 Å². The maximum atomic E-state index is 11.4. The van der Waals surface area contributed by atoms with Crippen molar-refractivity contribution in [1.82, 2.24) is 4.57 Å². The molecule has 0 aliphatic carbocycles. The van der Waals surface area contributed by atoms with Crippen molar-refractivity contribution in [2.75, 3.05) is 14.7 Å². The average molecular weight is 1320 g/mol. The Hall–Kier alpha value is -12.9. The van der Waals surface area contributed by atoms with Gasteiger partial charge in [0.25, 0.3) is 6.71 Å². The first-order valence-electron chi connectivity index (χ1n) is 35.7. The molecule has 15 aromatic carbocycles. The lowest BCUT2D eigenvalue weighted by Gasteiger charge is -2.45. The first-order valence-corrected chi connectivity index (χ1v) is 35.7. The molecule has 103 heavy (non-hydrogen) atoms. The summed E-state index contributed by atoms with van der Waals surface area (Å²) in [6.45, 7) is 10.9. The number of nitrogens with zero attached hydrogens (tertiary/aromatic N) is 5. The summed E-state index contributed by atoms with van der Waals surface area (Å²) in [5, 5.41) is 13.8. The van der Waals surface area contributed by atoms with Gasteiger partial charge in [0.2, 0.25) is 0 Å². The van der Waals surface area contributed by atoms with E-state index in [0.717, 1.165) is 135 Å². The van der Waals surface area contributed by atoms with Gasteiger partial charge in [-0.05, 0) is 212 Å². The highest BCUT2D eigenvalue weighted by Gasteiger charge is 2.45. The number of hydrogen-bond donors (Lipinski definition) is 0. The number of hydrogen-bond acceptors (Lipinski definition) is 4. The van der Waals surface area contributed by atoms with Gasteiger partial charge in [0.1, 0.15) is 0 Å². The van der Waals surface area contributed by atoms with Crippen LogP contribution in [0.25, 0.3) is 94.3 Å². The molecule has 16 aromatic rings. The summed E-state index contributed by atoms with van der Waals surface area (Å²) >= 11 is 0. The molecular formula is C97H72BN5. The summed E-state index contributed by atoms with van der Waals surface area (Å²) in [7, 11) is 0. The number of benzene rings is 15. The first kappa shape index (κ1) is 62.3. The van der Waals surface area contributed by atoms with Gasteiger partial charge in [-0.3, -0.25) is 0 Å². The highest BCUT2D eigenvalue weighted by atomic mass is 15.2. The summed E-state index contributed by atoms with van der Waals surface area (Å²) in [5.41, 5.74) is 33.2. The van der Waals surface area contributed by atoms with Crippen LogP contribution in [-0.4, -0.2) is 11.3 Å². The quantitative estimate of drug-likeness (QED) is 0.114. The number of fused-ring (bicyclic) bond motifs is 7. The molecule has 1 aromatic heterocycles. The van der Waals surface area contributed by atoms with Crippen molar-refractivity contribution < 1.29 is 0 Å². The molecule has 0 fully saturated rings. The minimum atomic E-state index is -0.474. The van der Waals surface area contributed by atoms with Crippen molar-refractivity contribution in [3.63, 3.8) is 0 Å². The van der Waals surface area contributed by atoms with Crippen LogP contribution in [-0.2, 0) is 5.41 Å². The topological polar surface area (TPSA) is 38.4 Å². The molecular weight excluding hydrogens is 1250 g/mol. The van der Waals surface area contributed by atoms with E-state index in [4.69, 9.17) is 0 Å². The molecule has 18 rings (SSSR count). The number of para-hydroxylation sites is 6. The zero-order chi connectivity index (χ0) is 69.5. The second-order valence-corrected chi connectivity index (χ2v) is 28.4. The molecule has 5 nitrogen and oxygen atoms in total. The van der Waals surface area contributed by atoms with Gasteiger partial charge in [-0.1, -0.05) is 257 Å². The fourth-order valence-electron chi connectivity index (χ4n) is 16.6. The van der Waals surface area contributed by atoms with E-state index in [-0.39, 0.29) is 6.71 Å². The van der Waals surface area contributed by atoms with E-state index in [2.05, 4.69) is 400 Å². The normalized spacial score (nSPS) is 12.3. The van der Waals surface area contributed by atoms with Gasteiger partial charge >= 0.3 is 0 Å². The van der Waals surface area contributed by atoms with E-state index in [0.29, 0.717) is 5.56 Å². The number of aryl methyl sites for hydroxylation is 2. The molecule has 0 radical (unpaired) electrons. The summed E-state index contributed by atoms with van der Waals surface area (Å²) < 4.78 is 2.44. The van der Waals surface area contributed by atoms with Gasteiger partial charge in [0.15, 0.2) is 0 Å². The molecule has 488 valence electrons. The van der Waals surface area contributed by atoms with Crippen molar-refractivity contribution in [1.29, 1.82) is 5.26 Å². The Morgan fingerprint density at radius 2 is 0.738 bits per heavy atom. The van der Waals surface area contributed by atoms with Crippen LogP contribution >= 0.6 is 0 Å². The molecule has 0 amide bonds. The number of aromatic nitrogens is 1. The Labute approximate surface area is 603 Å². The Kier molecular flexibility index (Phi) is 15.3. The molecule has 0 N–H and O–H groups in total. The van der Waals surface area contributed by atoms with E-state index in [9.17, 15) is 5.26 Å². The minimum Gasteiger partial charge on any atom is -0.311 e. The van der Waals surface area contributed by atoms with E-state index in [1.54, 1.807) is 0 Å². The van der Waals surface area contributed by atoms with Gasteiger partial charge < -0.3 is 19.3 Å². The van der Waals surface area contributed by atoms with Crippen LogP contribution in [0.2, 0.25) is 0 Å². The molecule has 6 heteroatoms. The molecule has 0 saturated heterocycles. The molecule has 0 saturated carbocycles. The fraction of sp³-hybridized carbons (Fsp3) is 0.0619. The predicted octanol–water partition coefficient (Wildman–Crippen LogP) is 24.1. The Balaban J connectivity index is 1.00. The third kappa shape index (κ3) is 10.6. The first-order chi connectivity index (χ1) is 50.6. The zero-order valence-corrected chi connectivity index (χ0v) is 58.2. The maximum absolute atomic E-state index is 11.4. The number of nitriles is 1. The van der Waals surface area contributed by atoms with Crippen molar-refractivity contribution in [2.45, 2.75) is 40.0 Å². The molecule has 0 atom stereocenters. The second kappa shape index (κ2) is 25.3. The summed E-state index contributed by atoms with van der Waals surface area (Å²) in [6, 6.07) is 130. The maximum Gasteiger partial charge on any atom is 0.252 e. The van der Waals surface area contributed by atoms with Crippen LogP contribution in [0, 0.1) is 25.2 Å². The van der Waals surface area contributed by atoms with Crippen LogP contribution in [0.5, 0.6) is 0 Å². The van der Waals surface area contributed by atoms with Gasteiger partial charge in [-0.15, -0.1) is 0 Å². The largest absolute Gasteiger partial charge is 0.311 e. The summed E-state index contributed by atoms with van der Waals surface area (Å²) in [6.07, 6.45) is 0. The van der Waals surface area contributed by atoms with E-state index >= 15 is 0 Å². The summed E-state index contributed by atoms with van der Waals surface area (Å²) in [5.74, 6) is 0. The Morgan fingerprint density at radius 3 is 1.24 bits per heavy atom. The average Bonchev–Trinajstić information content (AvgIpc) is 1.10. The van der Waals surface area contributed by atoms with Crippen LogP contribution in [0.4, 0.5) is 51.2 Å². The van der Waals surface area contributed by atoms with Crippen LogP contribution in [0.3, 0.4) is 0 Å². The van der Waals surface area contributed by atoms with E-state index in [1.165, 1.54) is 44.0 Å². The highest BCUT2D eigenvalue weighted by Crippen LogP contribution is 2.53. The molecule has 0 spiro atoms. The monoisotopic (exact) mass is 1320 g/mol. The van der Waals surface area contributed by atoms with Crippen molar-refractivity contribution in [3.8, 4) is 78.5 Å². The lowest BCUT2D eigenvalue weighted by molar-refractivity contribution is 0.590. The van der Waals surface area contributed by atoms with E-state index in [1.807, 2.05) is 6.07 Å². The zero-order valence-electron chi connectivity index (χ0n) is 58.2. The smallest absolute Gasteiger partial charge is 0.252 e. The van der Waals surface area contributed by atoms with Gasteiger partial charge in [0.05, 0.1) is 39.7 Å². The third-order valence-corrected chi connectivity index (χ3v) is 21.1. The highest BCUT2D eigenvalue weighted by molar-refractivity contribution is 7.00. The molecule has 2 aliphatic heterocycles. The molecule has 0 bridgehead atoms. The SMILES string of the molecule is Cc1ccccc1-c1cc(-c2cc3c4c(c2)N(c2ccccc2-c2ccccc2)c2cc(N(c5ccccc5)c5ccccc5)ccc2B4c2ccc(-c4c(-n5c6ccccc6c6ccccc65)ccc(C#N)c4C(C)(C)C)cc2N3c2ccccc2-c2ccccc2)cc(-c2ccccc2C)c1. The fourth-order valence-corrected chi connectivity index (χ4v) is 16.6. The predicted molar refractivity (Wildman–Crippen MR) is 435 cm³/mol. The van der Waals surface area contributed by atoms with Gasteiger partial charge in [0, 0.05) is 67.3 Å². The molecule has 3 heterocycles. The lowest BCUT2D eigenvalue weighted by Crippen LogP contribution is -2.61. The minimum absolute atomic E-state index is 0.292. The summed E-state index contributed by atoms with van der Waals surface area (Å²) in [4.78, 5) is 7.60. The number of rotatable bonds is 12. The van der Waals surface area contributed by atoms with Crippen LogP contribution in [0.15, 0.2) is 346 Å². The molecule has 0 unspecified atom stereocenters. The van der Waals surface area contributed by atoms with Crippen molar-refractivity contribution in [3.05, 3.63) is 368 Å². The Bertz CT molecular complexity index is 5890. The number of anilines is 9. The van der Waals surface area contributed by atoms with Crippen molar-refractivity contribution >= 4 is 96.1 Å². The van der Waals surface area contributed by atoms with Crippen LogP contribution in [0.1, 0.15) is 43.0 Å². The lowest BCUT2D eigenvalue weighted by atomic mass is 9.33. The van der Waals surface area contributed by atoms with Crippen molar-refractivity contribution in [2.24, 2.45) is 0 Å². The third-order valence-electron chi connectivity index (χ3n) is 21.1. The second-order valence-electron chi connectivity index (χ2n) is 28.4. The van der Waals surface area contributed by atoms with E-state index < -0.39 is 5.41 Å².